The molecule has 6 heteroatoms. The summed E-state index contributed by atoms with van der Waals surface area (Å²) in [7, 11) is 0. The zero-order valence-corrected chi connectivity index (χ0v) is 14.1. The monoisotopic (exact) mass is 345 g/mol. The Morgan fingerprint density at radius 3 is 2.32 bits per heavy atom. The second-order valence-electron chi connectivity index (χ2n) is 5.37. The number of benzene rings is 2. The van der Waals surface area contributed by atoms with Crippen LogP contribution in [0.25, 0.3) is 0 Å². The van der Waals surface area contributed by atoms with Crippen molar-refractivity contribution in [2.24, 2.45) is 0 Å². The fourth-order valence-electron chi connectivity index (χ4n) is 2.17. The molecule has 0 bridgehead atoms. The third-order valence-electron chi connectivity index (χ3n) is 3.48. The lowest BCUT2D eigenvalue weighted by molar-refractivity contribution is -0.123. The number of carbonyl (C=O) groups is 2. The second-order valence-corrected chi connectivity index (χ2v) is 5.37. The number of nitrogens with one attached hydrogen (secondary N) is 1. The molecule has 0 saturated heterocycles. The molecule has 1 N–H and O–H groups in total. The lowest BCUT2D eigenvalue weighted by Crippen LogP contribution is -2.31. The standard InChI is InChI=1S/C19H20FNO4/c1-3-24-19(23)15-6-10-17(11-7-15)25-12-18(22)21-13(2)14-4-8-16(20)9-5-14/h4-11,13H,3,12H2,1-2H3,(H,21,22). The number of hydrogen-bond donors (Lipinski definition) is 1. The van der Waals surface area contributed by atoms with E-state index in [-0.39, 0.29) is 24.4 Å². The van der Waals surface area contributed by atoms with Crippen molar-refractivity contribution in [3.05, 3.63) is 65.5 Å². The van der Waals surface area contributed by atoms with E-state index in [1.807, 2.05) is 0 Å². The van der Waals surface area contributed by atoms with Crippen molar-refractivity contribution in [2.75, 3.05) is 13.2 Å². The quantitative estimate of drug-likeness (QED) is 0.783. The smallest absolute Gasteiger partial charge is 0.338 e. The predicted molar refractivity (Wildman–Crippen MR) is 90.9 cm³/mol. The number of amides is 1. The highest BCUT2D eigenvalue weighted by molar-refractivity contribution is 5.89. The number of hydrogen-bond acceptors (Lipinski definition) is 4. The Labute approximate surface area is 145 Å². The molecule has 0 radical (unpaired) electrons. The van der Waals surface area contributed by atoms with E-state index in [9.17, 15) is 14.0 Å². The first-order valence-corrected chi connectivity index (χ1v) is 7.94. The van der Waals surface area contributed by atoms with Gasteiger partial charge in [-0.1, -0.05) is 12.1 Å². The SMILES string of the molecule is CCOC(=O)c1ccc(OCC(=O)NC(C)c2ccc(F)cc2)cc1. The van der Waals surface area contributed by atoms with Crippen molar-refractivity contribution in [3.8, 4) is 5.75 Å². The highest BCUT2D eigenvalue weighted by Crippen LogP contribution is 2.14. The molecular formula is C19H20FNO4. The van der Waals surface area contributed by atoms with Gasteiger partial charge in [0.05, 0.1) is 18.2 Å². The summed E-state index contributed by atoms with van der Waals surface area (Å²) in [5.41, 5.74) is 1.22. The van der Waals surface area contributed by atoms with Crippen molar-refractivity contribution < 1.29 is 23.5 Å². The average molecular weight is 345 g/mol. The molecule has 5 nitrogen and oxygen atoms in total. The Morgan fingerprint density at radius 2 is 1.72 bits per heavy atom. The third kappa shape index (κ3) is 5.60. The summed E-state index contributed by atoms with van der Waals surface area (Å²) in [5.74, 6) is -0.555. The van der Waals surface area contributed by atoms with Gasteiger partial charge in [0.2, 0.25) is 0 Å². The Kier molecular flexibility index (Phi) is 6.51. The Balaban J connectivity index is 1.83. The van der Waals surface area contributed by atoms with E-state index in [4.69, 9.17) is 9.47 Å². The van der Waals surface area contributed by atoms with Crippen molar-refractivity contribution in [2.45, 2.75) is 19.9 Å². The molecule has 2 rings (SSSR count). The van der Waals surface area contributed by atoms with Crippen LogP contribution < -0.4 is 10.1 Å². The van der Waals surface area contributed by atoms with Crippen molar-refractivity contribution in [3.63, 3.8) is 0 Å². The van der Waals surface area contributed by atoms with Crippen molar-refractivity contribution in [1.82, 2.24) is 5.32 Å². The lowest BCUT2D eigenvalue weighted by Gasteiger charge is -2.14. The van der Waals surface area contributed by atoms with Gasteiger partial charge in [0.15, 0.2) is 6.61 Å². The first-order chi connectivity index (χ1) is 12.0. The maximum atomic E-state index is 12.9. The number of rotatable bonds is 7. The van der Waals surface area contributed by atoms with Crippen LogP contribution in [0.2, 0.25) is 0 Å². The van der Waals surface area contributed by atoms with Crippen LogP contribution in [0.3, 0.4) is 0 Å². The van der Waals surface area contributed by atoms with E-state index in [0.717, 1.165) is 5.56 Å². The first kappa shape index (κ1) is 18.4. The molecule has 132 valence electrons. The third-order valence-corrected chi connectivity index (χ3v) is 3.48. The van der Waals surface area contributed by atoms with E-state index in [0.29, 0.717) is 17.9 Å². The average Bonchev–Trinajstić information content (AvgIpc) is 2.61. The Morgan fingerprint density at radius 1 is 1.08 bits per heavy atom. The summed E-state index contributed by atoms with van der Waals surface area (Å²) in [5, 5.41) is 2.77. The molecule has 0 aromatic heterocycles. The van der Waals surface area contributed by atoms with Crippen LogP contribution in [0.5, 0.6) is 5.75 Å². The van der Waals surface area contributed by atoms with Crippen LogP contribution >= 0.6 is 0 Å². The molecule has 1 amide bonds. The van der Waals surface area contributed by atoms with E-state index >= 15 is 0 Å². The van der Waals surface area contributed by atoms with Crippen LogP contribution in [-0.2, 0) is 9.53 Å². The molecule has 0 aliphatic heterocycles. The molecule has 0 spiro atoms. The fraction of sp³-hybridized carbons (Fsp3) is 0.263. The normalized spacial score (nSPS) is 11.5. The largest absolute Gasteiger partial charge is 0.484 e. The van der Waals surface area contributed by atoms with Gasteiger partial charge in [0.1, 0.15) is 11.6 Å². The highest BCUT2D eigenvalue weighted by atomic mass is 19.1. The Bertz CT molecular complexity index is 713. The zero-order chi connectivity index (χ0) is 18.2. The summed E-state index contributed by atoms with van der Waals surface area (Å²) in [6.07, 6.45) is 0. The molecule has 25 heavy (non-hydrogen) atoms. The number of esters is 1. The van der Waals surface area contributed by atoms with Gasteiger partial charge < -0.3 is 14.8 Å². The molecular weight excluding hydrogens is 325 g/mol. The first-order valence-electron chi connectivity index (χ1n) is 7.94. The topological polar surface area (TPSA) is 64.6 Å². The van der Waals surface area contributed by atoms with E-state index in [1.54, 1.807) is 50.2 Å². The van der Waals surface area contributed by atoms with Crippen LogP contribution in [0.4, 0.5) is 4.39 Å². The molecule has 2 aromatic carbocycles. The van der Waals surface area contributed by atoms with Gasteiger partial charge in [-0.15, -0.1) is 0 Å². The molecule has 1 atom stereocenters. The summed E-state index contributed by atoms with van der Waals surface area (Å²) in [6, 6.07) is 12.0. The number of halogens is 1. The summed E-state index contributed by atoms with van der Waals surface area (Å²) in [4.78, 5) is 23.5. The molecule has 0 heterocycles. The number of ether oxygens (including phenoxy) is 2. The molecule has 1 unspecified atom stereocenters. The summed E-state index contributed by atoms with van der Waals surface area (Å²) >= 11 is 0. The van der Waals surface area contributed by atoms with Crippen molar-refractivity contribution >= 4 is 11.9 Å². The Hall–Kier alpha value is -2.89. The molecule has 0 aliphatic carbocycles. The lowest BCUT2D eigenvalue weighted by atomic mass is 10.1. The minimum absolute atomic E-state index is 0.162. The van der Waals surface area contributed by atoms with E-state index in [1.165, 1.54) is 12.1 Å². The van der Waals surface area contributed by atoms with Crippen LogP contribution in [0.15, 0.2) is 48.5 Å². The summed E-state index contributed by atoms with van der Waals surface area (Å²) < 4.78 is 23.2. The predicted octanol–water partition coefficient (Wildman–Crippen LogP) is 3.26. The molecule has 0 aliphatic rings. The van der Waals surface area contributed by atoms with Gasteiger partial charge in [-0.25, -0.2) is 9.18 Å². The zero-order valence-electron chi connectivity index (χ0n) is 14.1. The van der Waals surface area contributed by atoms with Gasteiger partial charge in [0.25, 0.3) is 5.91 Å². The fourth-order valence-corrected chi connectivity index (χ4v) is 2.17. The van der Waals surface area contributed by atoms with Crippen LogP contribution in [-0.4, -0.2) is 25.1 Å². The molecule has 0 saturated carbocycles. The van der Waals surface area contributed by atoms with Gasteiger partial charge in [0, 0.05) is 0 Å². The van der Waals surface area contributed by atoms with Gasteiger partial charge in [-0.05, 0) is 55.8 Å². The maximum Gasteiger partial charge on any atom is 0.338 e. The van der Waals surface area contributed by atoms with Crippen LogP contribution in [0, 0.1) is 5.82 Å². The maximum absolute atomic E-state index is 12.9. The molecule has 0 fully saturated rings. The summed E-state index contributed by atoms with van der Waals surface area (Å²) in [6.45, 7) is 3.69. The molecule has 2 aromatic rings. The van der Waals surface area contributed by atoms with Gasteiger partial charge in [-0.2, -0.15) is 0 Å². The van der Waals surface area contributed by atoms with Gasteiger partial charge in [-0.3, -0.25) is 4.79 Å². The minimum atomic E-state index is -0.403. The van der Waals surface area contributed by atoms with Crippen molar-refractivity contribution in [1.29, 1.82) is 0 Å². The van der Waals surface area contributed by atoms with Crippen LogP contribution in [0.1, 0.15) is 35.8 Å². The number of carbonyl (C=O) groups excluding carboxylic acids is 2. The second kappa shape index (κ2) is 8.82. The van der Waals surface area contributed by atoms with E-state index < -0.39 is 5.97 Å². The highest BCUT2D eigenvalue weighted by Gasteiger charge is 2.11. The van der Waals surface area contributed by atoms with Gasteiger partial charge >= 0.3 is 5.97 Å². The minimum Gasteiger partial charge on any atom is -0.484 e. The van der Waals surface area contributed by atoms with E-state index in [2.05, 4.69) is 5.32 Å².